The van der Waals surface area contributed by atoms with Crippen LogP contribution in [0.15, 0.2) is 27.7 Å². The molecule has 1 amide bonds. The zero-order valence-corrected chi connectivity index (χ0v) is 19.0. The van der Waals surface area contributed by atoms with E-state index in [1.807, 2.05) is 24.8 Å². The number of hydrogen-bond acceptors (Lipinski definition) is 5. The first-order valence-corrected chi connectivity index (χ1v) is 12.1. The van der Waals surface area contributed by atoms with E-state index in [1.165, 1.54) is 5.56 Å². The third-order valence-corrected chi connectivity index (χ3v) is 7.22. The first kappa shape index (κ1) is 20.5. The van der Waals surface area contributed by atoms with Gasteiger partial charge in [-0.15, -0.1) is 0 Å². The van der Waals surface area contributed by atoms with Crippen LogP contribution in [0.1, 0.15) is 61.7 Å². The smallest absolute Gasteiger partial charge is 0.277 e. The lowest BCUT2D eigenvalue weighted by Gasteiger charge is -2.36. The summed E-state index contributed by atoms with van der Waals surface area (Å²) in [6.45, 7) is 7.04. The van der Waals surface area contributed by atoms with E-state index >= 15 is 0 Å². The lowest BCUT2D eigenvalue weighted by molar-refractivity contribution is -0.138. The molecule has 2 aliphatic heterocycles. The second kappa shape index (κ2) is 8.24. The molecular weight excluding hydrogens is 410 g/mol. The molecule has 3 aromatic heterocycles. The number of thiophene rings is 1. The van der Waals surface area contributed by atoms with Crippen molar-refractivity contribution in [3.8, 4) is 0 Å². The first-order valence-electron chi connectivity index (χ1n) is 11.2. The van der Waals surface area contributed by atoms with Crippen LogP contribution in [0.5, 0.6) is 0 Å². The third-order valence-electron chi connectivity index (χ3n) is 6.49. The molecule has 0 aromatic carbocycles. The van der Waals surface area contributed by atoms with E-state index in [4.69, 9.17) is 4.98 Å². The minimum atomic E-state index is -0.0349. The number of hydrogen-bond donors (Lipinski definition) is 1. The molecule has 7 nitrogen and oxygen atoms in total. The molecule has 5 heterocycles. The van der Waals surface area contributed by atoms with E-state index in [-0.39, 0.29) is 23.4 Å². The van der Waals surface area contributed by atoms with Gasteiger partial charge in [0.15, 0.2) is 5.65 Å². The maximum atomic E-state index is 13.3. The SMILES string of the molecule is CC(C)C(=O)N1CCCC[C@@H]1c1cc2nc3c(c(=O)n2[nH]1)CN(Cc1ccsc1)CC3. The van der Waals surface area contributed by atoms with Crippen molar-refractivity contribution in [2.24, 2.45) is 5.92 Å². The van der Waals surface area contributed by atoms with Crippen LogP contribution in [0.3, 0.4) is 0 Å². The van der Waals surface area contributed by atoms with Crippen LogP contribution >= 0.6 is 11.3 Å². The van der Waals surface area contributed by atoms with Crippen LogP contribution < -0.4 is 5.56 Å². The molecule has 164 valence electrons. The summed E-state index contributed by atoms with van der Waals surface area (Å²) in [4.78, 5) is 35.2. The van der Waals surface area contributed by atoms with Crippen LogP contribution in [0, 0.1) is 5.92 Å². The predicted octanol–water partition coefficient (Wildman–Crippen LogP) is 3.35. The number of nitrogens with one attached hydrogen (secondary N) is 1. The quantitative estimate of drug-likeness (QED) is 0.677. The zero-order valence-electron chi connectivity index (χ0n) is 18.1. The fourth-order valence-electron chi connectivity index (χ4n) is 4.85. The number of H-pyrrole nitrogens is 1. The Kier molecular flexibility index (Phi) is 5.44. The van der Waals surface area contributed by atoms with Crippen molar-refractivity contribution in [2.75, 3.05) is 13.1 Å². The fraction of sp³-hybridized carbons (Fsp3) is 0.522. The van der Waals surface area contributed by atoms with E-state index in [0.717, 1.165) is 62.3 Å². The van der Waals surface area contributed by atoms with Crippen LogP contribution in [0.25, 0.3) is 5.65 Å². The monoisotopic (exact) mass is 439 g/mol. The number of piperidine rings is 1. The highest BCUT2D eigenvalue weighted by Gasteiger charge is 2.31. The van der Waals surface area contributed by atoms with Crippen molar-refractivity contribution >= 4 is 22.9 Å². The number of aromatic nitrogens is 3. The maximum absolute atomic E-state index is 13.3. The van der Waals surface area contributed by atoms with Gasteiger partial charge in [0, 0.05) is 44.6 Å². The number of rotatable bonds is 4. The number of carbonyl (C=O) groups is 1. The van der Waals surface area contributed by atoms with Gasteiger partial charge in [0.1, 0.15) is 0 Å². The summed E-state index contributed by atoms with van der Waals surface area (Å²) in [5.74, 6) is 0.138. The lowest BCUT2D eigenvalue weighted by atomic mass is 9.97. The van der Waals surface area contributed by atoms with Gasteiger partial charge in [-0.25, -0.2) is 9.50 Å². The molecular formula is C23H29N5O2S. The van der Waals surface area contributed by atoms with Gasteiger partial charge in [-0.2, -0.15) is 11.3 Å². The Balaban J connectivity index is 1.46. The Hall–Kier alpha value is -2.45. The number of nitrogens with zero attached hydrogens (tertiary/aromatic N) is 4. The van der Waals surface area contributed by atoms with Gasteiger partial charge in [-0.05, 0) is 41.7 Å². The summed E-state index contributed by atoms with van der Waals surface area (Å²) in [6, 6.07) is 4.09. The van der Waals surface area contributed by atoms with Crippen molar-refractivity contribution in [3.05, 3.63) is 55.8 Å². The van der Waals surface area contributed by atoms with Crippen molar-refractivity contribution in [1.29, 1.82) is 0 Å². The normalized spacial score (nSPS) is 19.8. The molecule has 0 radical (unpaired) electrons. The Morgan fingerprint density at radius 1 is 1.32 bits per heavy atom. The molecule has 1 N–H and O–H groups in total. The highest BCUT2D eigenvalue weighted by Crippen LogP contribution is 2.31. The summed E-state index contributed by atoms with van der Waals surface area (Å²) in [5.41, 5.74) is 4.54. The van der Waals surface area contributed by atoms with Crippen LogP contribution in [-0.2, 0) is 24.3 Å². The number of fused-ring (bicyclic) bond motifs is 2. The molecule has 3 aromatic rings. The number of amides is 1. The van der Waals surface area contributed by atoms with Crippen molar-refractivity contribution < 1.29 is 4.79 Å². The molecule has 0 spiro atoms. The molecule has 0 bridgehead atoms. The highest BCUT2D eigenvalue weighted by molar-refractivity contribution is 7.07. The minimum Gasteiger partial charge on any atom is -0.334 e. The lowest BCUT2D eigenvalue weighted by Crippen LogP contribution is -2.41. The summed E-state index contributed by atoms with van der Waals surface area (Å²) >= 11 is 1.70. The van der Waals surface area contributed by atoms with Gasteiger partial charge >= 0.3 is 0 Å². The van der Waals surface area contributed by atoms with Gasteiger partial charge in [-0.1, -0.05) is 13.8 Å². The molecule has 5 rings (SSSR count). The van der Waals surface area contributed by atoms with Crippen LogP contribution in [0.2, 0.25) is 0 Å². The maximum Gasteiger partial charge on any atom is 0.277 e. The molecule has 1 fully saturated rings. The van der Waals surface area contributed by atoms with E-state index in [9.17, 15) is 9.59 Å². The summed E-state index contributed by atoms with van der Waals surface area (Å²) in [7, 11) is 0. The topological polar surface area (TPSA) is 73.7 Å². The largest absolute Gasteiger partial charge is 0.334 e. The average Bonchev–Trinajstić information content (AvgIpc) is 3.44. The van der Waals surface area contributed by atoms with Crippen molar-refractivity contribution in [2.45, 2.75) is 58.7 Å². The van der Waals surface area contributed by atoms with Crippen molar-refractivity contribution in [3.63, 3.8) is 0 Å². The zero-order chi connectivity index (χ0) is 21.5. The fourth-order valence-corrected chi connectivity index (χ4v) is 5.51. The standard InChI is InChI=1S/C23H29N5O2S/c1-15(2)22(29)27-8-4-3-5-20(27)19-11-21-24-18-6-9-26(12-16-7-10-31-14-16)13-17(18)23(30)28(21)25-19/h7,10-11,14-15,20,25H,3-6,8-9,12-13H2,1-2H3/t20-/m1/s1. The molecule has 0 aliphatic carbocycles. The molecule has 2 aliphatic rings. The summed E-state index contributed by atoms with van der Waals surface area (Å²) < 4.78 is 1.58. The summed E-state index contributed by atoms with van der Waals surface area (Å²) in [5, 5.41) is 7.55. The van der Waals surface area contributed by atoms with Gasteiger partial charge < -0.3 is 4.90 Å². The summed E-state index contributed by atoms with van der Waals surface area (Å²) in [6.07, 6.45) is 3.81. The highest BCUT2D eigenvalue weighted by atomic mass is 32.1. The second-order valence-corrected chi connectivity index (χ2v) is 9.82. The Bertz CT molecular complexity index is 1150. The molecule has 1 atom stereocenters. The van der Waals surface area contributed by atoms with Crippen LogP contribution in [0.4, 0.5) is 0 Å². The van der Waals surface area contributed by atoms with Gasteiger partial charge in [-0.3, -0.25) is 19.6 Å². The third kappa shape index (κ3) is 3.83. The Morgan fingerprint density at radius 2 is 2.19 bits per heavy atom. The minimum absolute atomic E-state index is 0.0150. The first-order chi connectivity index (χ1) is 15.0. The van der Waals surface area contributed by atoms with Gasteiger partial charge in [0.25, 0.3) is 5.56 Å². The molecule has 31 heavy (non-hydrogen) atoms. The van der Waals surface area contributed by atoms with E-state index in [0.29, 0.717) is 12.2 Å². The average molecular weight is 440 g/mol. The number of carbonyl (C=O) groups excluding carboxylic acids is 1. The van der Waals surface area contributed by atoms with Gasteiger partial charge in [0.05, 0.1) is 23.0 Å². The Labute approximate surface area is 185 Å². The number of likely N-dealkylation sites (tertiary alicyclic amines) is 1. The Morgan fingerprint density at radius 3 is 2.97 bits per heavy atom. The predicted molar refractivity (Wildman–Crippen MR) is 121 cm³/mol. The van der Waals surface area contributed by atoms with Gasteiger partial charge in [0.2, 0.25) is 5.91 Å². The van der Waals surface area contributed by atoms with E-state index in [2.05, 4.69) is 26.8 Å². The van der Waals surface area contributed by atoms with E-state index in [1.54, 1.807) is 15.9 Å². The van der Waals surface area contributed by atoms with Crippen molar-refractivity contribution in [1.82, 2.24) is 24.4 Å². The number of aromatic amines is 1. The molecule has 0 unspecified atom stereocenters. The molecule has 1 saturated heterocycles. The van der Waals surface area contributed by atoms with E-state index < -0.39 is 0 Å². The molecule has 0 saturated carbocycles. The van der Waals surface area contributed by atoms with Crippen LogP contribution in [-0.4, -0.2) is 43.4 Å². The molecule has 8 heteroatoms. The second-order valence-electron chi connectivity index (χ2n) is 9.04.